The van der Waals surface area contributed by atoms with Crippen molar-refractivity contribution in [3.8, 4) is 0 Å². The Balaban J connectivity index is 1.96. The molecule has 0 saturated heterocycles. The molecule has 1 unspecified atom stereocenters. The molecule has 6 heteroatoms. The van der Waals surface area contributed by atoms with E-state index in [2.05, 4.69) is 60.6 Å². The van der Waals surface area contributed by atoms with E-state index in [9.17, 15) is 4.79 Å². The van der Waals surface area contributed by atoms with Gasteiger partial charge in [0.2, 0.25) is 5.91 Å². The first kappa shape index (κ1) is 23.2. The molecule has 1 aliphatic rings. The zero-order chi connectivity index (χ0) is 22.4. The van der Waals surface area contributed by atoms with Crippen LogP contribution >= 0.6 is 11.6 Å². The maximum absolute atomic E-state index is 12.6. The minimum absolute atomic E-state index is 0.0132. The summed E-state index contributed by atoms with van der Waals surface area (Å²) in [6.45, 7) is 7.94. The van der Waals surface area contributed by atoms with Crippen molar-refractivity contribution >= 4 is 23.2 Å². The molecule has 1 aliphatic heterocycles. The Kier molecular flexibility index (Phi) is 7.99. The molecule has 3 rings (SSSR count). The monoisotopic (exact) mass is 440 g/mol. The van der Waals surface area contributed by atoms with Gasteiger partial charge in [-0.05, 0) is 36.6 Å². The van der Waals surface area contributed by atoms with Gasteiger partial charge in [-0.15, -0.1) is 0 Å². The van der Waals surface area contributed by atoms with Gasteiger partial charge in [0.25, 0.3) is 0 Å². The number of hydrogen-bond donors (Lipinski definition) is 2. The van der Waals surface area contributed by atoms with E-state index in [1.165, 1.54) is 5.56 Å². The van der Waals surface area contributed by atoms with Crippen LogP contribution in [0.4, 0.5) is 0 Å². The van der Waals surface area contributed by atoms with Crippen molar-refractivity contribution in [2.75, 3.05) is 13.1 Å². The van der Waals surface area contributed by atoms with Crippen LogP contribution in [0.5, 0.6) is 0 Å². The number of nitrogens with two attached hydrogens (primary N) is 1. The van der Waals surface area contributed by atoms with Crippen molar-refractivity contribution in [2.45, 2.75) is 45.9 Å². The first-order valence-corrected chi connectivity index (χ1v) is 11.3. The summed E-state index contributed by atoms with van der Waals surface area (Å²) in [6.07, 6.45) is 2.87. The van der Waals surface area contributed by atoms with Crippen LogP contribution in [0.1, 0.15) is 38.3 Å². The van der Waals surface area contributed by atoms with Crippen LogP contribution in [-0.2, 0) is 11.3 Å². The van der Waals surface area contributed by atoms with Gasteiger partial charge in [0.05, 0.1) is 11.7 Å². The topological polar surface area (TPSA) is 61.6 Å². The highest BCUT2D eigenvalue weighted by Crippen LogP contribution is 2.29. The average Bonchev–Trinajstić information content (AvgIpc) is 3.14. The predicted molar refractivity (Wildman–Crippen MR) is 128 cm³/mol. The largest absolute Gasteiger partial charge is 0.362 e. The minimum atomic E-state index is -0.0594. The van der Waals surface area contributed by atoms with Gasteiger partial charge < -0.3 is 20.9 Å². The third-order valence-electron chi connectivity index (χ3n) is 5.67. The molecule has 0 aromatic heterocycles. The number of benzene rings is 2. The van der Waals surface area contributed by atoms with Gasteiger partial charge in [-0.1, -0.05) is 67.9 Å². The molecule has 0 radical (unpaired) electrons. The van der Waals surface area contributed by atoms with E-state index < -0.39 is 0 Å². The van der Waals surface area contributed by atoms with Crippen molar-refractivity contribution in [3.05, 3.63) is 76.9 Å². The SMILES string of the molecule is CC(=O)N(CCCN)[C@H](C(C)C)C1NC(c2cccc(Cl)c2)=CN1Cc1ccccc1. The number of carbonyl (C=O) groups excluding carboxylic acids is 1. The fourth-order valence-corrected chi connectivity index (χ4v) is 4.42. The number of rotatable bonds is 9. The normalized spacial score (nSPS) is 16.8. The fraction of sp³-hybridized carbons (Fsp3) is 0.400. The van der Waals surface area contributed by atoms with Crippen molar-refractivity contribution in [3.63, 3.8) is 0 Å². The Labute approximate surface area is 190 Å². The molecule has 1 heterocycles. The van der Waals surface area contributed by atoms with Crippen molar-refractivity contribution in [2.24, 2.45) is 11.7 Å². The molecule has 0 aliphatic carbocycles. The summed E-state index contributed by atoms with van der Waals surface area (Å²) in [5.74, 6) is 0.328. The molecule has 1 amide bonds. The van der Waals surface area contributed by atoms with Crippen molar-refractivity contribution in [1.29, 1.82) is 0 Å². The summed E-state index contributed by atoms with van der Waals surface area (Å²) in [5, 5.41) is 4.40. The maximum Gasteiger partial charge on any atom is 0.219 e. The van der Waals surface area contributed by atoms with Gasteiger partial charge in [-0.3, -0.25) is 4.79 Å². The van der Waals surface area contributed by atoms with Crippen LogP contribution < -0.4 is 11.1 Å². The molecule has 31 heavy (non-hydrogen) atoms. The maximum atomic E-state index is 12.6. The average molecular weight is 441 g/mol. The third kappa shape index (κ3) is 5.81. The molecule has 2 aromatic carbocycles. The summed E-state index contributed by atoms with van der Waals surface area (Å²) in [7, 11) is 0. The lowest BCUT2D eigenvalue weighted by Crippen LogP contribution is -2.57. The molecular weight excluding hydrogens is 408 g/mol. The van der Waals surface area contributed by atoms with E-state index in [-0.39, 0.29) is 24.0 Å². The Hall–Kier alpha value is -2.50. The molecule has 166 valence electrons. The molecule has 2 atom stereocenters. The van der Waals surface area contributed by atoms with Gasteiger partial charge >= 0.3 is 0 Å². The molecule has 0 saturated carbocycles. The molecule has 5 nitrogen and oxygen atoms in total. The number of nitrogens with one attached hydrogen (secondary N) is 1. The van der Waals surface area contributed by atoms with E-state index >= 15 is 0 Å². The summed E-state index contributed by atoms with van der Waals surface area (Å²) in [4.78, 5) is 16.9. The molecule has 2 aromatic rings. The van der Waals surface area contributed by atoms with Crippen LogP contribution in [0.2, 0.25) is 5.02 Å². The standard InChI is InChI=1S/C25H33ClN4O/c1-18(2)24(30(19(3)31)14-8-13-27)25-28-23(21-11-7-12-22(26)15-21)17-29(25)16-20-9-5-4-6-10-20/h4-7,9-12,15,17-18,24-25,28H,8,13-14,16,27H2,1-3H3/t24-,25?/m1/s1. The highest BCUT2D eigenvalue weighted by Gasteiger charge is 2.38. The van der Waals surface area contributed by atoms with Crippen LogP contribution in [-0.4, -0.2) is 41.0 Å². The summed E-state index contributed by atoms with van der Waals surface area (Å²) < 4.78 is 0. The zero-order valence-electron chi connectivity index (χ0n) is 18.6. The number of carbonyl (C=O) groups is 1. The minimum Gasteiger partial charge on any atom is -0.362 e. The lowest BCUT2D eigenvalue weighted by molar-refractivity contribution is -0.134. The van der Waals surface area contributed by atoms with E-state index in [1.807, 2.05) is 29.2 Å². The first-order valence-electron chi connectivity index (χ1n) is 10.9. The van der Waals surface area contributed by atoms with E-state index in [0.717, 1.165) is 24.2 Å². The number of amides is 1. The molecule has 3 N–H and O–H groups in total. The van der Waals surface area contributed by atoms with Crippen molar-refractivity contribution < 1.29 is 4.79 Å². The number of nitrogens with zero attached hydrogens (tertiary/aromatic N) is 2. The highest BCUT2D eigenvalue weighted by molar-refractivity contribution is 6.30. The number of halogens is 1. The Morgan fingerprint density at radius 2 is 1.94 bits per heavy atom. The molecular formula is C25H33ClN4O. The summed E-state index contributed by atoms with van der Waals surface area (Å²) in [6, 6.07) is 18.2. The van der Waals surface area contributed by atoms with E-state index in [1.54, 1.807) is 6.92 Å². The molecule has 0 bridgehead atoms. The second-order valence-electron chi connectivity index (χ2n) is 8.39. The molecule has 0 spiro atoms. The Morgan fingerprint density at radius 3 is 2.55 bits per heavy atom. The summed E-state index contributed by atoms with van der Waals surface area (Å²) in [5.41, 5.74) is 9.03. The van der Waals surface area contributed by atoms with E-state index in [4.69, 9.17) is 17.3 Å². The fourth-order valence-electron chi connectivity index (χ4n) is 4.23. The van der Waals surface area contributed by atoms with Gasteiger partial charge in [0, 0.05) is 36.8 Å². The Bertz CT molecular complexity index is 899. The lowest BCUT2D eigenvalue weighted by Gasteiger charge is -2.42. The zero-order valence-corrected chi connectivity index (χ0v) is 19.3. The Morgan fingerprint density at radius 1 is 1.19 bits per heavy atom. The highest BCUT2D eigenvalue weighted by atomic mass is 35.5. The summed E-state index contributed by atoms with van der Waals surface area (Å²) >= 11 is 6.25. The smallest absolute Gasteiger partial charge is 0.219 e. The van der Waals surface area contributed by atoms with Crippen molar-refractivity contribution in [1.82, 2.24) is 15.1 Å². The van der Waals surface area contributed by atoms with Crippen LogP contribution in [0.3, 0.4) is 0 Å². The molecule has 0 fully saturated rings. The van der Waals surface area contributed by atoms with Crippen LogP contribution in [0.25, 0.3) is 5.70 Å². The van der Waals surface area contributed by atoms with Gasteiger partial charge in [-0.25, -0.2) is 0 Å². The second kappa shape index (κ2) is 10.7. The first-order chi connectivity index (χ1) is 14.9. The lowest BCUT2D eigenvalue weighted by atomic mass is 9.97. The van der Waals surface area contributed by atoms with Gasteiger partial charge in [0.15, 0.2) is 0 Å². The second-order valence-corrected chi connectivity index (χ2v) is 8.83. The van der Waals surface area contributed by atoms with Gasteiger partial charge in [-0.2, -0.15) is 0 Å². The van der Waals surface area contributed by atoms with Crippen LogP contribution in [0, 0.1) is 5.92 Å². The third-order valence-corrected chi connectivity index (χ3v) is 5.91. The van der Waals surface area contributed by atoms with Crippen LogP contribution in [0.15, 0.2) is 60.8 Å². The predicted octanol–water partition coefficient (Wildman–Crippen LogP) is 4.29. The number of hydrogen-bond acceptors (Lipinski definition) is 4. The van der Waals surface area contributed by atoms with Gasteiger partial charge in [0.1, 0.15) is 6.17 Å². The quantitative estimate of drug-likeness (QED) is 0.610. The van der Waals surface area contributed by atoms with E-state index in [0.29, 0.717) is 18.1 Å².